The van der Waals surface area contributed by atoms with Gasteiger partial charge in [-0.05, 0) is 50.5 Å². The first-order valence-corrected chi connectivity index (χ1v) is 9.43. The second kappa shape index (κ2) is 8.85. The van der Waals surface area contributed by atoms with Gasteiger partial charge in [0.15, 0.2) is 0 Å². The third-order valence-corrected chi connectivity index (χ3v) is 4.95. The second-order valence-corrected chi connectivity index (χ2v) is 7.45. The molecule has 140 valence electrons. The first-order valence-electron chi connectivity index (χ1n) is 8.61. The van der Waals surface area contributed by atoms with Gasteiger partial charge in [0.1, 0.15) is 10.8 Å². The van der Waals surface area contributed by atoms with E-state index in [2.05, 4.69) is 5.32 Å². The van der Waals surface area contributed by atoms with E-state index in [1.165, 1.54) is 11.3 Å². The summed E-state index contributed by atoms with van der Waals surface area (Å²) >= 11 is 1.41. The molecule has 0 unspecified atom stereocenters. The van der Waals surface area contributed by atoms with Crippen molar-refractivity contribution in [2.24, 2.45) is 0 Å². The highest BCUT2D eigenvalue weighted by Crippen LogP contribution is 2.34. The summed E-state index contributed by atoms with van der Waals surface area (Å²) < 4.78 is 10.5. The highest BCUT2D eigenvalue weighted by Gasteiger charge is 2.24. The Labute approximate surface area is 158 Å². The number of ether oxygens (including phenoxy) is 2. The summed E-state index contributed by atoms with van der Waals surface area (Å²) in [5.41, 5.74) is 2.28. The van der Waals surface area contributed by atoms with Crippen molar-refractivity contribution in [2.45, 2.75) is 46.6 Å². The van der Waals surface area contributed by atoms with Crippen LogP contribution in [0.4, 0.5) is 5.00 Å². The number of carbonyl (C=O) groups is 2. The lowest BCUT2D eigenvalue weighted by molar-refractivity contribution is -0.115. The van der Waals surface area contributed by atoms with Gasteiger partial charge in [-0.25, -0.2) is 4.79 Å². The summed E-state index contributed by atoms with van der Waals surface area (Å²) in [5.74, 6) is 0.188. The number of anilines is 1. The number of thiophene rings is 1. The van der Waals surface area contributed by atoms with Crippen LogP contribution in [0.2, 0.25) is 0 Å². The topological polar surface area (TPSA) is 64.6 Å². The van der Waals surface area contributed by atoms with Crippen molar-refractivity contribution in [3.05, 3.63) is 45.8 Å². The van der Waals surface area contributed by atoms with Crippen molar-refractivity contribution in [3.63, 3.8) is 0 Å². The standard InChI is InChI=1S/C20H25NO4S/c1-6-16-13(4)26-19(18(16)20(23)25-12(2)3)21-17(22)11-14-7-9-15(24-5)10-8-14/h7-10,12H,6,11H2,1-5H3,(H,21,22). The average Bonchev–Trinajstić information content (AvgIpc) is 2.89. The van der Waals surface area contributed by atoms with Crippen LogP contribution in [-0.4, -0.2) is 25.1 Å². The van der Waals surface area contributed by atoms with Gasteiger partial charge < -0.3 is 14.8 Å². The van der Waals surface area contributed by atoms with Crippen LogP contribution in [0.1, 0.15) is 47.1 Å². The first kappa shape index (κ1) is 20.0. The number of hydrogen-bond donors (Lipinski definition) is 1. The molecule has 1 heterocycles. The van der Waals surface area contributed by atoms with E-state index < -0.39 is 0 Å². The summed E-state index contributed by atoms with van der Waals surface area (Å²) in [7, 11) is 1.60. The number of benzene rings is 1. The molecule has 0 saturated carbocycles. The summed E-state index contributed by atoms with van der Waals surface area (Å²) in [5, 5.41) is 3.44. The maximum absolute atomic E-state index is 12.5. The zero-order chi connectivity index (χ0) is 19.3. The van der Waals surface area contributed by atoms with Crippen LogP contribution in [0.15, 0.2) is 24.3 Å². The molecule has 0 spiro atoms. The molecule has 2 rings (SSSR count). The number of rotatable bonds is 7. The maximum atomic E-state index is 12.5. The van der Waals surface area contributed by atoms with Crippen LogP contribution >= 0.6 is 11.3 Å². The zero-order valence-electron chi connectivity index (χ0n) is 15.8. The lowest BCUT2D eigenvalue weighted by Crippen LogP contribution is -2.18. The summed E-state index contributed by atoms with van der Waals surface area (Å²) in [6, 6.07) is 7.34. The molecule has 0 aliphatic carbocycles. The normalized spacial score (nSPS) is 10.7. The summed E-state index contributed by atoms with van der Waals surface area (Å²) in [4.78, 5) is 26.0. The van der Waals surface area contributed by atoms with E-state index in [-0.39, 0.29) is 24.4 Å². The SMILES string of the molecule is CCc1c(C)sc(NC(=O)Cc2ccc(OC)cc2)c1C(=O)OC(C)C. The molecule has 1 aromatic carbocycles. The first-order chi connectivity index (χ1) is 12.3. The van der Waals surface area contributed by atoms with Crippen molar-refractivity contribution < 1.29 is 19.1 Å². The molecule has 0 atom stereocenters. The molecule has 1 aromatic heterocycles. The van der Waals surface area contributed by atoms with E-state index in [1.54, 1.807) is 7.11 Å². The molecular weight excluding hydrogens is 350 g/mol. The van der Waals surface area contributed by atoms with Crippen molar-refractivity contribution in [1.29, 1.82) is 0 Å². The number of hydrogen-bond acceptors (Lipinski definition) is 5. The lowest BCUT2D eigenvalue weighted by atomic mass is 10.1. The number of esters is 1. The Bertz CT molecular complexity index is 778. The van der Waals surface area contributed by atoms with Gasteiger partial charge in [-0.1, -0.05) is 19.1 Å². The van der Waals surface area contributed by atoms with Gasteiger partial charge in [0.2, 0.25) is 5.91 Å². The molecule has 2 aromatic rings. The van der Waals surface area contributed by atoms with Crippen molar-refractivity contribution in [1.82, 2.24) is 0 Å². The molecule has 0 radical (unpaired) electrons. The van der Waals surface area contributed by atoms with Crippen molar-refractivity contribution in [2.75, 3.05) is 12.4 Å². The molecule has 0 bridgehead atoms. The van der Waals surface area contributed by atoms with Gasteiger partial charge in [0, 0.05) is 4.88 Å². The fourth-order valence-electron chi connectivity index (χ4n) is 2.68. The largest absolute Gasteiger partial charge is 0.497 e. The van der Waals surface area contributed by atoms with E-state index in [1.807, 2.05) is 52.0 Å². The molecule has 0 aliphatic heterocycles. The van der Waals surface area contributed by atoms with Crippen LogP contribution in [-0.2, 0) is 22.4 Å². The third-order valence-electron chi connectivity index (χ3n) is 3.89. The van der Waals surface area contributed by atoms with Crippen molar-refractivity contribution in [3.8, 4) is 5.75 Å². The Morgan fingerprint density at radius 3 is 2.38 bits per heavy atom. The number of nitrogens with one attached hydrogen (secondary N) is 1. The lowest BCUT2D eigenvalue weighted by Gasteiger charge is -2.11. The predicted octanol–water partition coefficient (Wildman–Crippen LogP) is 4.37. The fraction of sp³-hybridized carbons (Fsp3) is 0.400. The highest BCUT2D eigenvalue weighted by molar-refractivity contribution is 7.16. The molecule has 0 fully saturated rings. The van der Waals surface area contributed by atoms with Gasteiger partial charge >= 0.3 is 5.97 Å². The average molecular weight is 375 g/mol. The van der Waals surface area contributed by atoms with Gasteiger partial charge in [0.25, 0.3) is 0 Å². The van der Waals surface area contributed by atoms with E-state index in [0.29, 0.717) is 17.0 Å². The monoisotopic (exact) mass is 375 g/mol. The van der Waals surface area contributed by atoms with Crippen LogP contribution in [0.25, 0.3) is 0 Å². The Kier molecular flexibility index (Phi) is 6.80. The molecule has 1 N–H and O–H groups in total. The third kappa shape index (κ3) is 4.85. The quantitative estimate of drug-likeness (QED) is 0.730. The Hall–Kier alpha value is -2.34. The van der Waals surface area contributed by atoms with Crippen LogP contribution < -0.4 is 10.1 Å². The highest BCUT2D eigenvalue weighted by atomic mass is 32.1. The Morgan fingerprint density at radius 1 is 1.19 bits per heavy atom. The van der Waals surface area contributed by atoms with Gasteiger partial charge in [0.05, 0.1) is 25.2 Å². The molecule has 26 heavy (non-hydrogen) atoms. The number of aryl methyl sites for hydroxylation is 1. The molecule has 1 amide bonds. The maximum Gasteiger partial charge on any atom is 0.341 e. The molecule has 5 nitrogen and oxygen atoms in total. The zero-order valence-corrected chi connectivity index (χ0v) is 16.7. The van der Waals surface area contributed by atoms with Crippen LogP contribution in [0.3, 0.4) is 0 Å². The predicted molar refractivity (Wildman–Crippen MR) is 104 cm³/mol. The summed E-state index contributed by atoms with van der Waals surface area (Å²) in [6.45, 7) is 7.56. The van der Waals surface area contributed by atoms with E-state index in [9.17, 15) is 9.59 Å². The number of carbonyl (C=O) groups excluding carboxylic acids is 2. The molecule has 6 heteroatoms. The minimum absolute atomic E-state index is 0.169. The van der Waals surface area contributed by atoms with Crippen molar-refractivity contribution >= 4 is 28.2 Å². The molecular formula is C20H25NO4S. The number of amides is 1. The number of methoxy groups -OCH3 is 1. The van der Waals surface area contributed by atoms with Crippen LogP contribution in [0, 0.1) is 6.92 Å². The van der Waals surface area contributed by atoms with Gasteiger partial charge in [-0.2, -0.15) is 0 Å². The van der Waals surface area contributed by atoms with Crippen LogP contribution in [0.5, 0.6) is 5.75 Å². The molecule has 0 aliphatic rings. The van der Waals surface area contributed by atoms with E-state index in [0.717, 1.165) is 21.8 Å². The van der Waals surface area contributed by atoms with E-state index >= 15 is 0 Å². The Balaban J connectivity index is 2.19. The van der Waals surface area contributed by atoms with Gasteiger partial charge in [-0.3, -0.25) is 4.79 Å². The summed E-state index contributed by atoms with van der Waals surface area (Å²) in [6.07, 6.45) is 0.718. The Morgan fingerprint density at radius 2 is 1.85 bits per heavy atom. The minimum atomic E-state index is -0.388. The smallest absolute Gasteiger partial charge is 0.341 e. The van der Waals surface area contributed by atoms with E-state index in [4.69, 9.17) is 9.47 Å². The fourth-order valence-corrected chi connectivity index (χ4v) is 3.83. The minimum Gasteiger partial charge on any atom is -0.497 e. The molecule has 0 saturated heterocycles. The second-order valence-electron chi connectivity index (χ2n) is 6.22. The van der Waals surface area contributed by atoms with Gasteiger partial charge in [-0.15, -0.1) is 11.3 Å².